The lowest BCUT2D eigenvalue weighted by Gasteiger charge is -2.27. The standard InChI is InChI=1S/C24H16ClFN2O4/c1-30-19-8-3-2-5-15(19)24(29)31-13-9-10-14-20(11-13)32-23(28)16(12-27)21(14)22-17(25)6-4-7-18(22)26/h2-11,21H,28H2,1H3/t21-/m0/s1. The fourth-order valence-corrected chi connectivity index (χ4v) is 3.83. The minimum atomic E-state index is -0.878. The Hall–Kier alpha value is -4.02. The minimum Gasteiger partial charge on any atom is -0.496 e. The van der Waals surface area contributed by atoms with Gasteiger partial charge in [-0.2, -0.15) is 5.26 Å². The number of carbonyl (C=O) groups excluding carboxylic acids is 1. The molecule has 0 spiro atoms. The quantitative estimate of drug-likeness (QED) is 0.447. The number of benzene rings is 3. The van der Waals surface area contributed by atoms with Crippen LogP contribution in [0.2, 0.25) is 5.02 Å². The average molecular weight is 451 g/mol. The van der Waals surface area contributed by atoms with Crippen LogP contribution in [0.15, 0.2) is 72.1 Å². The van der Waals surface area contributed by atoms with Gasteiger partial charge >= 0.3 is 5.97 Å². The molecule has 1 heterocycles. The number of nitrogens with zero attached hydrogens (tertiary/aromatic N) is 1. The summed E-state index contributed by atoms with van der Waals surface area (Å²) in [6.45, 7) is 0. The molecule has 1 aliphatic rings. The van der Waals surface area contributed by atoms with Crippen LogP contribution in [0, 0.1) is 17.1 Å². The first-order valence-corrected chi connectivity index (χ1v) is 9.83. The summed E-state index contributed by atoms with van der Waals surface area (Å²) in [4.78, 5) is 12.6. The van der Waals surface area contributed by atoms with Crippen molar-refractivity contribution in [2.45, 2.75) is 5.92 Å². The molecule has 0 unspecified atom stereocenters. The molecular weight excluding hydrogens is 435 g/mol. The first-order chi connectivity index (χ1) is 15.4. The molecule has 160 valence electrons. The lowest BCUT2D eigenvalue weighted by Crippen LogP contribution is -2.22. The van der Waals surface area contributed by atoms with E-state index in [0.29, 0.717) is 11.3 Å². The number of rotatable bonds is 4. The Morgan fingerprint density at radius 2 is 1.97 bits per heavy atom. The molecule has 4 rings (SSSR count). The van der Waals surface area contributed by atoms with Gasteiger partial charge in [0.25, 0.3) is 0 Å². The highest BCUT2D eigenvalue weighted by molar-refractivity contribution is 6.31. The average Bonchev–Trinajstić information content (AvgIpc) is 2.78. The SMILES string of the molecule is COc1ccccc1C(=O)Oc1ccc2c(c1)OC(N)=C(C#N)[C@H]2c1c(F)cccc1Cl. The molecule has 32 heavy (non-hydrogen) atoms. The van der Waals surface area contributed by atoms with Gasteiger partial charge in [0.2, 0.25) is 5.88 Å². The predicted octanol–water partition coefficient (Wildman–Crippen LogP) is 4.93. The van der Waals surface area contributed by atoms with Gasteiger partial charge in [-0.05, 0) is 30.3 Å². The van der Waals surface area contributed by atoms with Crippen LogP contribution in [0.5, 0.6) is 17.2 Å². The molecule has 0 bridgehead atoms. The smallest absolute Gasteiger partial charge is 0.347 e. The third-order valence-corrected chi connectivity index (χ3v) is 5.35. The number of halogens is 2. The van der Waals surface area contributed by atoms with Gasteiger partial charge in [-0.15, -0.1) is 0 Å². The Balaban J connectivity index is 1.74. The van der Waals surface area contributed by atoms with Gasteiger partial charge in [0, 0.05) is 22.2 Å². The highest BCUT2D eigenvalue weighted by Gasteiger charge is 2.34. The van der Waals surface area contributed by atoms with Crippen molar-refractivity contribution in [1.29, 1.82) is 5.26 Å². The van der Waals surface area contributed by atoms with Crippen molar-refractivity contribution in [2.75, 3.05) is 7.11 Å². The number of carbonyl (C=O) groups is 1. The normalized spacial score (nSPS) is 14.8. The summed E-state index contributed by atoms with van der Waals surface area (Å²) < 4.78 is 30.9. The third-order valence-electron chi connectivity index (χ3n) is 5.02. The van der Waals surface area contributed by atoms with Crippen LogP contribution in [0.4, 0.5) is 4.39 Å². The van der Waals surface area contributed by atoms with E-state index in [4.69, 9.17) is 31.5 Å². The summed E-state index contributed by atoms with van der Waals surface area (Å²) in [7, 11) is 1.45. The van der Waals surface area contributed by atoms with E-state index in [1.165, 1.54) is 37.4 Å². The van der Waals surface area contributed by atoms with Crippen molar-refractivity contribution in [1.82, 2.24) is 0 Å². The molecule has 0 fully saturated rings. The second-order valence-electron chi connectivity index (χ2n) is 6.85. The molecule has 0 amide bonds. The molecule has 0 aliphatic carbocycles. The molecule has 8 heteroatoms. The molecule has 3 aromatic carbocycles. The van der Waals surface area contributed by atoms with Gasteiger partial charge in [0.1, 0.15) is 40.3 Å². The largest absolute Gasteiger partial charge is 0.496 e. The molecule has 3 aromatic rings. The van der Waals surface area contributed by atoms with Crippen LogP contribution >= 0.6 is 11.6 Å². The Bertz CT molecular complexity index is 1280. The predicted molar refractivity (Wildman–Crippen MR) is 115 cm³/mol. The number of ether oxygens (including phenoxy) is 3. The van der Waals surface area contributed by atoms with Crippen LogP contribution in [0.3, 0.4) is 0 Å². The number of nitrogens with two attached hydrogens (primary N) is 1. The fourth-order valence-electron chi connectivity index (χ4n) is 3.56. The Morgan fingerprint density at radius 1 is 1.19 bits per heavy atom. The number of para-hydroxylation sites is 1. The first-order valence-electron chi connectivity index (χ1n) is 9.45. The molecule has 2 N–H and O–H groups in total. The van der Waals surface area contributed by atoms with Crippen molar-refractivity contribution in [2.24, 2.45) is 5.73 Å². The molecule has 6 nitrogen and oxygen atoms in total. The van der Waals surface area contributed by atoms with Crippen LogP contribution < -0.4 is 19.9 Å². The summed E-state index contributed by atoms with van der Waals surface area (Å²) in [5.74, 6) is -1.51. The Labute approximate surface area is 188 Å². The number of esters is 1. The molecule has 0 saturated carbocycles. The van der Waals surface area contributed by atoms with Gasteiger partial charge in [-0.3, -0.25) is 0 Å². The number of hydrogen-bond donors (Lipinski definition) is 1. The zero-order valence-corrected chi connectivity index (χ0v) is 17.5. The van der Waals surface area contributed by atoms with Gasteiger partial charge in [-0.1, -0.05) is 35.9 Å². The second kappa shape index (κ2) is 8.61. The number of methoxy groups -OCH3 is 1. The van der Waals surface area contributed by atoms with Gasteiger partial charge in [0.05, 0.1) is 13.0 Å². The summed E-state index contributed by atoms with van der Waals surface area (Å²) in [5.41, 5.74) is 6.80. The van der Waals surface area contributed by atoms with Crippen molar-refractivity contribution in [3.05, 3.63) is 99.7 Å². The van der Waals surface area contributed by atoms with E-state index in [-0.39, 0.29) is 39.1 Å². The van der Waals surface area contributed by atoms with E-state index in [1.807, 2.05) is 6.07 Å². The summed E-state index contributed by atoms with van der Waals surface area (Å²) in [5, 5.41) is 9.78. The van der Waals surface area contributed by atoms with E-state index >= 15 is 0 Å². The molecule has 0 saturated heterocycles. The zero-order valence-electron chi connectivity index (χ0n) is 16.8. The summed E-state index contributed by atoms with van der Waals surface area (Å²) >= 11 is 6.26. The van der Waals surface area contributed by atoms with Crippen molar-refractivity contribution in [3.63, 3.8) is 0 Å². The highest BCUT2D eigenvalue weighted by atomic mass is 35.5. The number of nitriles is 1. The summed E-state index contributed by atoms with van der Waals surface area (Å²) in [6.07, 6.45) is 0. The van der Waals surface area contributed by atoms with Gasteiger partial charge in [-0.25, -0.2) is 9.18 Å². The fraction of sp³-hybridized carbons (Fsp3) is 0.0833. The molecular formula is C24H16ClFN2O4. The first kappa shape index (κ1) is 21.2. The zero-order chi connectivity index (χ0) is 22.8. The molecule has 1 aliphatic heterocycles. The minimum absolute atomic E-state index is 0.0308. The number of hydrogen-bond acceptors (Lipinski definition) is 6. The van der Waals surface area contributed by atoms with E-state index in [9.17, 15) is 14.4 Å². The second-order valence-corrected chi connectivity index (χ2v) is 7.26. The molecule has 0 aromatic heterocycles. The van der Waals surface area contributed by atoms with E-state index in [1.54, 1.807) is 30.3 Å². The summed E-state index contributed by atoms with van der Waals surface area (Å²) in [6, 6.07) is 17.4. The van der Waals surface area contributed by atoms with Crippen LogP contribution in [0.25, 0.3) is 0 Å². The van der Waals surface area contributed by atoms with Crippen LogP contribution in [-0.2, 0) is 0 Å². The van der Waals surface area contributed by atoms with E-state index < -0.39 is 17.7 Å². The topological polar surface area (TPSA) is 94.6 Å². The lowest BCUT2D eigenvalue weighted by atomic mass is 9.83. The maximum Gasteiger partial charge on any atom is 0.347 e. The van der Waals surface area contributed by atoms with Crippen LogP contribution in [0.1, 0.15) is 27.4 Å². The van der Waals surface area contributed by atoms with E-state index in [2.05, 4.69) is 0 Å². The van der Waals surface area contributed by atoms with Crippen molar-refractivity contribution in [3.8, 4) is 23.3 Å². The lowest BCUT2D eigenvalue weighted by molar-refractivity contribution is 0.0731. The number of allylic oxidation sites excluding steroid dienone is 1. The highest BCUT2D eigenvalue weighted by Crippen LogP contribution is 2.46. The maximum absolute atomic E-state index is 14.7. The van der Waals surface area contributed by atoms with E-state index in [0.717, 1.165) is 0 Å². The van der Waals surface area contributed by atoms with Gasteiger partial charge in [0.15, 0.2) is 0 Å². The Kier molecular flexibility index (Phi) is 5.71. The van der Waals surface area contributed by atoms with Gasteiger partial charge < -0.3 is 19.9 Å². The maximum atomic E-state index is 14.7. The monoisotopic (exact) mass is 450 g/mol. The van der Waals surface area contributed by atoms with Crippen molar-refractivity contribution >= 4 is 17.6 Å². The Morgan fingerprint density at radius 3 is 2.69 bits per heavy atom. The third kappa shape index (κ3) is 3.72. The molecule has 1 atom stereocenters. The number of fused-ring (bicyclic) bond motifs is 1. The van der Waals surface area contributed by atoms with Crippen molar-refractivity contribution < 1.29 is 23.4 Å². The molecule has 0 radical (unpaired) electrons. The van der Waals surface area contributed by atoms with Crippen LogP contribution in [-0.4, -0.2) is 13.1 Å².